The van der Waals surface area contributed by atoms with Gasteiger partial charge in [0.1, 0.15) is 6.04 Å². The van der Waals surface area contributed by atoms with Crippen LogP contribution in [-0.2, 0) is 14.8 Å². The fourth-order valence-corrected chi connectivity index (χ4v) is 3.61. The second kappa shape index (κ2) is 6.55. The molecule has 7 heteroatoms. The molecule has 3 N–H and O–H groups in total. The summed E-state index contributed by atoms with van der Waals surface area (Å²) >= 11 is 0. The minimum atomic E-state index is -3.19. The van der Waals surface area contributed by atoms with Crippen molar-refractivity contribution in [3.8, 4) is 0 Å². The lowest BCUT2D eigenvalue weighted by Crippen LogP contribution is -2.47. The van der Waals surface area contributed by atoms with Crippen LogP contribution < -0.4 is 10.5 Å². The van der Waals surface area contributed by atoms with Gasteiger partial charge in [-0.2, -0.15) is 0 Å². The Morgan fingerprint density at radius 2 is 1.86 bits per heavy atom. The summed E-state index contributed by atoms with van der Waals surface area (Å²) in [7, 11) is -3.19. The average molecular weight is 311 g/mol. The summed E-state index contributed by atoms with van der Waals surface area (Å²) in [6.07, 6.45) is 2.50. The summed E-state index contributed by atoms with van der Waals surface area (Å²) in [5.74, 6) is -0.379. The molecule has 0 saturated carbocycles. The number of sulfonamides is 1. The van der Waals surface area contributed by atoms with Gasteiger partial charge in [0, 0.05) is 19.1 Å². The highest BCUT2D eigenvalue weighted by Gasteiger charge is 2.30. The van der Waals surface area contributed by atoms with E-state index in [1.807, 2.05) is 35.2 Å². The molecule has 1 heterocycles. The van der Waals surface area contributed by atoms with Crippen molar-refractivity contribution >= 4 is 15.9 Å². The number of nitrogens with zero attached hydrogens (tertiary/aromatic N) is 1. The first kappa shape index (κ1) is 15.9. The number of benzene rings is 1. The van der Waals surface area contributed by atoms with E-state index < -0.39 is 16.1 Å². The van der Waals surface area contributed by atoms with Crippen molar-refractivity contribution in [2.45, 2.75) is 24.9 Å². The number of carbonyl (C=O) groups is 1. The third kappa shape index (κ3) is 4.52. The van der Waals surface area contributed by atoms with Crippen LogP contribution in [0.4, 0.5) is 0 Å². The number of hydrogen-bond donors (Lipinski definition) is 2. The van der Waals surface area contributed by atoms with Crippen LogP contribution in [0.1, 0.15) is 24.4 Å². The maximum Gasteiger partial charge on any atom is 0.239 e. The summed E-state index contributed by atoms with van der Waals surface area (Å²) < 4.78 is 25.1. The predicted molar refractivity (Wildman–Crippen MR) is 81.0 cm³/mol. The van der Waals surface area contributed by atoms with Crippen molar-refractivity contribution in [2.24, 2.45) is 5.73 Å². The number of primary amides is 1. The van der Waals surface area contributed by atoms with Crippen molar-refractivity contribution in [3.63, 3.8) is 0 Å². The molecule has 116 valence electrons. The van der Waals surface area contributed by atoms with Crippen LogP contribution in [0.15, 0.2) is 30.3 Å². The minimum absolute atomic E-state index is 0.0689. The van der Waals surface area contributed by atoms with Gasteiger partial charge in [0.05, 0.1) is 6.26 Å². The molecule has 0 aliphatic carbocycles. The number of amides is 1. The topological polar surface area (TPSA) is 92.5 Å². The van der Waals surface area contributed by atoms with Crippen molar-refractivity contribution in [1.82, 2.24) is 9.62 Å². The van der Waals surface area contributed by atoms with E-state index in [0.29, 0.717) is 25.9 Å². The maximum atomic E-state index is 11.8. The second-order valence-corrected chi connectivity index (χ2v) is 7.20. The van der Waals surface area contributed by atoms with Crippen molar-refractivity contribution in [1.29, 1.82) is 0 Å². The number of likely N-dealkylation sites (tertiary alicyclic amines) is 1. The molecule has 0 aromatic heterocycles. The van der Waals surface area contributed by atoms with Crippen LogP contribution in [0, 0.1) is 0 Å². The first-order valence-electron chi connectivity index (χ1n) is 6.92. The Hall–Kier alpha value is -1.44. The molecule has 1 atom stereocenters. The van der Waals surface area contributed by atoms with Gasteiger partial charge in [0.2, 0.25) is 15.9 Å². The summed E-state index contributed by atoms with van der Waals surface area (Å²) in [5.41, 5.74) is 6.42. The number of hydrogen-bond acceptors (Lipinski definition) is 4. The molecule has 1 aromatic rings. The molecular weight excluding hydrogens is 290 g/mol. The quantitative estimate of drug-likeness (QED) is 0.814. The first-order valence-corrected chi connectivity index (χ1v) is 8.81. The molecule has 1 aromatic carbocycles. The highest BCUT2D eigenvalue weighted by molar-refractivity contribution is 7.88. The fourth-order valence-electron chi connectivity index (χ4n) is 2.77. The summed E-state index contributed by atoms with van der Waals surface area (Å²) in [6, 6.07) is 8.90. The van der Waals surface area contributed by atoms with Gasteiger partial charge in [-0.15, -0.1) is 0 Å². The molecule has 1 aliphatic heterocycles. The van der Waals surface area contributed by atoms with E-state index in [0.717, 1.165) is 11.8 Å². The van der Waals surface area contributed by atoms with Crippen LogP contribution >= 0.6 is 0 Å². The monoisotopic (exact) mass is 311 g/mol. The Bertz CT molecular complexity index is 581. The number of rotatable bonds is 5. The molecular formula is C14H21N3O3S. The number of nitrogens with two attached hydrogens (primary N) is 1. The van der Waals surface area contributed by atoms with Crippen LogP contribution in [0.25, 0.3) is 0 Å². The maximum absolute atomic E-state index is 11.8. The highest BCUT2D eigenvalue weighted by atomic mass is 32.2. The van der Waals surface area contributed by atoms with E-state index >= 15 is 0 Å². The van der Waals surface area contributed by atoms with E-state index in [4.69, 9.17) is 5.73 Å². The third-order valence-electron chi connectivity index (χ3n) is 3.66. The van der Waals surface area contributed by atoms with Crippen LogP contribution in [-0.4, -0.2) is 44.6 Å². The third-order valence-corrected chi connectivity index (χ3v) is 4.42. The summed E-state index contributed by atoms with van der Waals surface area (Å²) in [5, 5.41) is 0. The molecule has 1 aliphatic rings. The zero-order chi connectivity index (χ0) is 15.5. The van der Waals surface area contributed by atoms with Gasteiger partial charge in [0.15, 0.2) is 0 Å². The zero-order valence-electron chi connectivity index (χ0n) is 12.0. The minimum Gasteiger partial charge on any atom is -0.368 e. The van der Waals surface area contributed by atoms with E-state index in [1.54, 1.807) is 0 Å². The van der Waals surface area contributed by atoms with Crippen molar-refractivity contribution < 1.29 is 13.2 Å². The molecule has 6 nitrogen and oxygen atoms in total. The van der Waals surface area contributed by atoms with E-state index in [-0.39, 0.29) is 11.9 Å². The van der Waals surface area contributed by atoms with Gasteiger partial charge in [-0.3, -0.25) is 9.69 Å². The lowest BCUT2D eigenvalue weighted by atomic mass is 9.99. The van der Waals surface area contributed by atoms with Gasteiger partial charge in [-0.1, -0.05) is 30.3 Å². The normalized spacial score (nSPS) is 19.3. The predicted octanol–water partition coefficient (Wildman–Crippen LogP) is 0.227. The van der Waals surface area contributed by atoms with Crippen LogP contribution in [0.5, 0.6) is 0 Å². The number of nitrogens with one attached hydrogen (secondary N) is 1. The standard InChI is InChI=1S/C14H21N3O3S/c1-21(19,20)16-12-7-9-17(10-8-12)13(14(15)18)11-5-3-2-4-6-11/h2-6,12-13,16H,7-10H2,1H3,(H2,15,18)/t13-/m1/s1. The van der Waals surface area contributed by atoms with E-state index in [9.17, 15) is 13.2 Å². The van der Waals surface area contributed by atoms with E-state index in [1.165, 1.54) is 0 Å². The molecule has 0 radical (unpaired) electrons. The molecule has 1 amide bonds. The van der Waals surface area contributed by atoms with Gasteiger partial charge < -0.3 is 5.73 Å². The number of piperidine rings is 1. The second-order valence-electron chi connectivity index (χ2n) is 5.42. The van der Waals surface area contributed by atoms with Crippen LogP contribution in [0.3, 0.4) is 0 Å². The van der Waals surface area contributed by atoms with Gasteiger partial charge in [-0.25, -0.2) is 13.1 Å². The Balaban J connectivity index is 2.04. The van der Waals surface area contributed by atoms with Crippen LogP contribution in [0.2, 0.25) is 0 Å². The zero-order valence-corrected chi connectivity index (χ0v) is 12.8. The van der Waals surface area contributed by atoms with Gasteiger partial charge in [0.25, 0.3) is 0 Å². The number of carbonyl (C=O) groups excluding carboxylic acids is 1. The van der Waals surface area contributed by atoms with Gasteiger partial charge >= 0.3 is 0 Å². The molecule has 0 spiro atoms. The largest absolute Gasteiger partial charge is 0.368 e. The molecule has 1 fully saturated rings. The Labute approximate surface area is 125 Å². The first-order chi connectivity index (χ1) is 9.87. The van der Waals surface area contributed by atoms with E-state index in [2.05, 4.69) is 4.72 Å². The molecule has 0 unspecified atom stereocenters. The Kier molecular flexibility index (Phi) is 4.97. The molecule has 2 rings (SSSR count). The molecule has 1 saturated heterocycles. The lowest BCUT2D eigenvalue weighted by Gasteiger charge is -2.36. The average Bonchev–Trinajstić information content (AvgIpc) is 2.40. The summed E-state index contributed by atoms with van der Waals surface area (Å²) in [6.45, 7) is 1.27. The molecule has 0 bridgehead atoms. The van der Waals surface area contributed by atoms with Gasteiger partial charge in [-0.05, 0) is 18.4 Å². The molecule has 21 heavy (non-hydrogen) atoms. The summed E-state index contributed by atoms with van der Waals surface area (Å²) in [4.78, 5) is 13.8. The smallest absolute Gasteiger partial charge is 0.239 e. The SMILES string of the molecule is CS(=O)(=O)NC1CCN([C@@H](C(N)=O)c2ccccc2)CC1. The fraction of sp³-hybridized carbons (Fsp3) is 0.500. The Morgan fingerprint density at radius 1 is 1.29 bits per heavy atom. The van der Waals surface area contributed by atoms with Crippen molar-refractivity contribution in [2.75, 3.05) is 19.3 Å². The van der Waals surface area contributed by atoms with Crippen molar-refractivity contribution in [3.05, 3.63) is 35.9 Å². The lowest BCUT2D eigenvalue weighted by molar-refractivity contribution is -0.124. The Morgan fingerprint density at radius 3 is 2.33 bits per heavy atom. The highest BCUT2D eigenvalue weighted by Crippen LogP contribution is 2.24.